The monoisotopic (exact) mass is 331 g/mol. The molecule has 0 radical (unpaired) electrons. The van der Waals surface area contributed by atoms with Gasteiger partial charge in [0.25, 0.3) is 0 Å². The molecule has 0 saturated heterocycles. The highest BCUT2D eigenvalue weighted by atomic mass is 19.2. The molecule has 2 unspecified atom stereocenters. The highest BCUT2D eigenvalue weighted by Gasteiger charge is 2.37. The number of ether oxygens (including phenoxy) is 1. The van der Waals surface area contributed by atoms with Crippen molar-refractivity contribution in [1.29, 1.82) is 0 Å². The molecule has 2 atom stereocenters. The van der Waals surface area contributed by atoms with Gasteiger partial charge in [0.1, 0.15) is 17.6 Å². The number of rotatable bonds is 6. The topological polar surface area (TPSA) is 55.4 Å². The van der Waals surface area contributed by atoms with Crippen LogP contribution in [0.4, 0.5) is 17.6 Å². The highest BCUT2D eigenvalue weighted by Crippen LogP contribution is 2.25. The van der Waals surface area contributed by atoms with Crippen LogP contribution in [0.1, 0.15) is 23.7 Å². The first-order chi connectivity index (χ1) is 10.8. The molecule has 1 aliphatic rings. The highest BCUT2D eigenvalue weighted by molar-refractivity contribution is 6.24. The van der Waals surface area contributed by atoms with Crippen LogP contribution in [0.5, 0.6) is 0 Å². The van der Waals surface area contributed by atoms with Crippen molar-refractivity contribution in [2.45, 2.75) is 25.6 Å². The number of Topliss-reactive ketones (excluding diaryl/α,β-unsaturated/α-hetero) is 1. The number of ketones is 1. The van der Waals surface area contributed by atoms with E-state index in [1.165, 1.54) is 6.92 Å². The Kier molecular flexibility index (Phi) is 5.02. The summed E-state index contributed by atoms with van der Waals surface area (Å²) in [6, 6.07) is 0.00823. The van der Waals surface area contributed by atoms with Crippen molar-refractivity contribution in [1.82, 2.24) is 5.32 Å². The number of nitrogens with one attached hydrogen (secondary N) is 1. The summed E-state index contributed by atoms with van der Waals surface area (Å²) in [5.41, 5.74) is -1.45. The fourth-order valence-electron chi connectivity index (χ4n) is 1.79. The lowest BCUT2D eigenvalue weighted by molar-refractivity contribution is -0.138. The van der Waals surface area contributed by atoms with E-state index >= 15 is 0 Å². The van der Waals surface area contributed by atoms with Crippen LogP contribution in [-0.2, 0) is 9.53 Å². The van der Waals surface area contributed by atoms with Crippen molar-refractivity contribution in [2.24, 2.45) is 0 Å². The van der Waals surface area contributed by atoms with E-state index in [4.69, 9.17) is 0 Å². The molecule has 1 fully saturated rings. The summed E-state index contributed by atoms with van der Waals surface area (Å²) in [4.78, 5) is 24.0. The third kappa shape index (κ3) is 3.88. The minimum absolute atomic E-state index is 0.0567. The smallest absolute Gasteiger partial charge is 0.343 e. The van der Waals surface area contributed by atoms with Gasteiger partial charge in [-0.1, -0.05) is 0 Å². The zero-order chi connectivity index (χ0) is 17.1. The van der Waals surface area contributed by atoms with Gasteiger partial charge in [-0.3, -0.25) is 4.79 Å². The van der Waals surface area contributed by atoms with Crippen molar-refractivity contribution in [3.05, 3.63) is 46.9 Å². The van der Waals surface area contributed by atoms with Crippen molar-refractivity contribution >= 4 is 11.8 Å². The number of halogens is 4. The van der Waals surface area contributed by atoms with Gasteiger partial charge in [-0.15, -0.1) is 0 Å². The maximum atomic E-state index is 13.7. The van der Waals surface area contributed by atoms with E-state index in [9.17, 15) is 27.2 Å². The predicted octanol–water partition coefficient (Wildman–Crippen LogP) is 2.43. The molecule has 0 amide bonds. The second kappa shape index (κ2) is 6.80. The Morgan fingerprint density at radius 1 is 1.26 bits per heavy atom. The second-order valence-corrected chi connectivity index (χ2v) is 4.88. The molecule has 0 bridgehead atoms. The summed E-state index contributed by atoms with van der Waals surface area (Å²) in [6.45, 7) is 1.43. The molecule has 1 aliphatic carbocycles. The molecule has 1 N–H and O–H groups in total. The lowest BCUT2D eigenvalue weighted by Gasteiger charge is -2.08. The zero-order valence-corrected chi connectivity index (χ0v) is 12.0. The van der Waals surface area contributed by atoms with Gasteiger partial charge in [-0.2, -0.15) is 0 Å². The van der Waals surface area contributed by atoms with E-state index < -0.39 is 52.6 Å². The standard InChI is InChI=1S/C15H13F4NO3/c1-2-23-15(22)8(6-20-13-5-12(13)19)14(21)7-3-10(17)11(18)4-9(7)16/h3-4,6,12-13,20H,2,5H2,1H3/b8-6+. The van der Waals surface area contributed by atoms with Crippen LogP contribution in [-0.4, -0.2) is 30.6 Å². The van der Waals surface area contributed by atoms with Crippen molar-refractivity contribution in [3.8, 4) is 0 Å². The van der Waals surface area contributed by atoms with Gasteiger partial charge in [-0.05, 0) is 13.0 Å². The Morgan fingerprint density at radius 3 is 2.43 bits per heavy atom. The first-order valence-electron chi connectivity index (χ1n) is 6.81. The van der Waals surface area contributed by atoms with Gasteiger partial charge in [-0.25, -0.2) is 22.4 Å². The third-order valence-electron chi connectivity index (χ3n) is 3.15. The van der Waals surface area contributed by atoms with Gasteiger partial charge in [0.15, 0.2) is 11.6 Å². The summed E-state index contributed by atoms with van der Waals surface area (Å²) in [5, 5.41) is 2.49. The number of hydrogen-bond donors (Lipinski definition) is 1. The zero-order valence-electron chi connectivity index (χ0n) is 12.0. The van der Waals surface area contributed by atoms with Crippen LogP contribution in [0.15, 0.2) is 23.9 Å². The Morgan fingerprint density at radius 2 is 1.87 bits per heavy atom. The normalized spacial score (nSPS) is 20.1. The van der Waals surface area contributed by atoms with Crippen LogP contribution in [0.25, 0.3) is 0 Å². The number of carbonyl (C=O) groups excluding carboxylic acids is 2. The quantitative estimate of drug-likeness (QED) is 0.165. The number of benzene rings is 1. The molecule has 0 aliphatic heterocycles. The number of alkyl halides is 1. The molecule has 1 saturated carbocycles. The van der Waals surface area contributed by atoms with Crippen LogP contribution < -0.4 is 5.32 Å². The van der Waals surface area contributed by atoms with E-state index in [1.54, 1.807) is 0 Å². The van der Waals surface area contributed by atoms with E-state index in [2.05, 4.69) is 10.1 Å². The molecule has 0 aromatic heterocycles. The predicted molar refractivity (Wildman–Crippen MR) is 71.8 cm³/mol. The minimum atomic E-state index is -1.46. The van der Waals surface area contributed by atoms with Crippen LogP contribution >= 0.6 is 0 Å². The van der Waals surface area contributed by atoms with Gasteiger partial charge >= 0.3 is 5.97 Å². The lowest BCUT2D eigenvalue weighted by Crippen LogP contribution is -2.22. The molecule has 1 aromatic rings. The first kappa shape index (κ1) is 17.0. The largest absolute Gasteiger partial charge is 0.462 e. The minimum Gasteiger partial charge on any atom is -0.462 e. The SMILES string of the molecule is CCOC(=O)/C(=C/NC1CC1F)C(=O)c1cc(F)c(F)cc1F. The number of hydrogen-bond acceptors (Lipinski definition) is 4. The third-order valence-corrected chi connectivity index (χ3v) is 3.15. The summed E-state index contributed by atoms with van der Waals surface area (Å²) >= 11 is 0. The van der Waals surface area contributed by atoms with Crippen LogP contribution in [0, 0.1) is 17.5 Å². The molecular formula is C15H13F4NO3. The molecule has 23 heavy (non-hydrogen) atoms. The average Bonchev–Trinajstić information content (AvgIpc) is 3.19. The number of esters is 1. The van der Waals surface area contributed by atoms with E-state index in [0.29, 0.717) is 6.07 Å². The Bertz CT molecular complexity index is 675. The first-order valence-corrected chi connectivity index (χ1v) is 6.81. The Hall–Kier alpha value is -2.38. The molecule has 1 aromatic carbocycles. The molecule has 2 rings (SSSR count). The maximum Gasteiger partial charge on any atom is 0.343 e. The molecular weight excluding hydrogens is 318 g/mol. The molecule has 4 nitrogen and oxygen atoms in total. The van der Waals surface area contributed by atoms with E-state index in [-0.39, 0.29) is 19.1 Å². The van der Waals surface area contributed by atoms with Crippen LogP contribution in [0.3, 0.4) is 0 Å². The van der Waals surface area contributed by atoms with Gasteiger partial charge in [0.05, 0.1) is 18.2 Å². The van der Waals surface area contributed by atoms with E-state index in [0.717, 1.165) is 6.20 Å². The lowest BCUT2D eigenvalue weighted by atomic mass is 10.0. The Balaban J connectivity index is 2.32. The fourth-order valence-corrected chi connectivity index (χ4v) is 1.79. The number of carbonyl (C=O) groups is 2. The average molecular weight is 331 g/mol. The molecule has 0 spiro atoms. The van der Waals surface area contributed by atoms with Crippen molar-refractivity contribution in [2.75, 3.05) is 6.61 Å². The Labute approximate surface area is 129 Å². The summed E-state index contributed by atoms with van der Waals surface area (Å²) in [6.07, 6.45) is 0.0100. The molecule has 8 heteroatoms. The van der Waals surface area contributed by atoms with Crippen LogP contribution in [0.2, 0.25) is 0 Å². The second-order valence-electron chi connectivity index (χ2n) is 4.88. The van der Waals surface area contributed by atoms with Gasteiger partial charge < -0.3 is 10.1 Å². The summed E-state index contributed by atoms with van der Waals surface area (Å²) in [5.74, 6) is -6.48. The fraction of sp³-hybridized carbons (Fsp3) is 0.333. The van der Waals surface area contributed by atoms with Crippen molar-refractivity contribution < 1.29 is 31.9 Å². The van der Waals surface area contributed by atoms with Crippen molar-refractivity contribution in [3.63, 3.8) is 0 Å². The molecule has 124 valence electrons. The maximum absolute atomic E-state index is 13.7. The van der Waals surface area contributed by atoms with Gasteiger partial charge in [0.2, 0.25) is 5.78 Å². The summed E-state index contributed by atoms with van der Waals surface area (Å²) in [7, 11) is 0. The molecule has 0 heterocycles. The van der Waals surface area contributed by atoms with E-state index in [1.807, 2.05) is 0 Å². The summed E-state index contributed by atoms with van der Waals surface area (Å²) < 4.78 is 57.3. The van der Waals surface area contributed by atoms with Gasteiger partial charge in [0, 0.05) is 18.7 Å².